The molecule has 0 aliphatic rings. The minimum absolute atomic E-state index is 0.722. The molecule has 0 bridgehead atoms. The van der Waals surface area contributed by atoms with Crippen molar-refractivity contribution in [1.29, 1.82) is 0 Å². The van der Waals surface area contributed by atoms with Gasteiger partial charge in [-0.1, -0.05) is 0 Å². The maximum absolute atomic E-state index is 5.50. The van der Waals surface area contributed by atoms with Crippen molar-refractivity contribution >= 4 is 13.1 Å². The molecule has 2 heteroatoms. The number of benzene rings is 1. The third-order valence-electron chi connectivity index (χ3n) is 1.68. The molecule has 2 N–H and O–H groups in total. The normalized spacial score (nSPS) is 9.45. The van der Waals surface area contributed by atoms with E-state index in [-0.39, 0.29) is 0 Å². The van der Waals surface area contributed by atoms with Crippen LogP contribution in [0.1, 0.15) is 11.1 Å². The van der Waals surface area contributed by atoms with Gasteiger partial charge in [0.15, 0.2) is 0 Å². The van der Waals surface area contributed by atoms with E-state index in [1.165, 1.54) is 11.1 Å². The van der Waals surface area contributed by atoms with E-state index >= 15 is 0 Å². The molecule has 0 saturated carbocycles. The van der Waals surface area contributed by atoms with Gasteiger partial charge < -0.3 is 0 Å². The molecule has 1 nitrogen and oxygen atoms in total. The Hall–Kier alpha value is -1.05. The third-order valence-corrected chi connectivity index (χ3v) is 1.68. The predicted molar refractivity (Wildman–Crippen MR) is 51.2 cm³/mol. The molecule has 0 aliphatic heterocycles. The molecule has 0 aliphatic carbocycles. The van der Waals surface area contributed by atoms with Crippen molar-refractivity contribution in [1.82, 2.24) is 0 Å². The molecule has 1 rings (SSSR count). The number of aryl methyl sites for hydroxylation is 1. The van der Waals surface area contributed by atoms with Gasteiger partial charge >= 0.3 is 67.5 Å². The fraction of sp³-hybridized carbons (Fsp3) is 0.222. The molecule has 0 heterocycles. The molecule has 0 fully saturated rings. The standard InChI is InChI=1S/C9H12BN/c1-7-4-2-3-5-8(7)6-9(10)11/h2-5,10H,6,11H2,1H3. The first-order valence-corrected chi connectivity index (χ1v) is 3.68. The van der Waals surface area contributed by atoms with Gasteiger partial charge in [-0.15, -0.1) is 0 Å². The summed E-state index contributed by atoms with van der Waals surface area (Å²) in [5.41, 5.74) is 8.76. The van der Waals surface area contributed by atoms with Crippen molar-refractivity contribution < 1.29 is 0 Å². The molecule has 56 valence electrons. The monoisotopic (exact) mass is 145 g/mol. The second-order valence-electron chi connectivity index (χ2n) is 2.76. The third kappa shape index (κ3) is 2.22. The van der Waals surface area contributed by atoms with Crippen molar-refractivity contribution in [2.24, 2.45) is 5.73 Å². The van der Waals surface area contributed by atoms with Gasteiger partial charge in [0.1, 0.15) is 0 Å². The van der Waals surface area contributed by atoms with E-state index in [1.807, 2.05) is 12.1 Å². The molecular formula is C9H12BN. The predicted octanol–water partition coefficient (Wildman–Crippen LogP) is 0.527. The van der Waals surface area contributed by atoms with Crippen LogP contribution >= 0.6 is 0 Å². The SMILES string of the molecule is B=C(N)Cc1ccccc1C. The van der Waals surface area contributed by atoms with Gasteiger partial charge in [0, 0.05) is 0 Å². The summed E-state index contributed by atoms with van der Waals surface area (Å²) in [5, 5.41) is 0. The number of hydrogen-bond donors (Lipinski definition) is 1. The summed E-state index contributed by atoms with van der Waals surface area (Å²) in [6, 6.07) is 8.20. The Kier molecular flexibility index (Phi) is 2.47. The summed E-state index contributed by atoms with van der Waals surface area (Å²) in [5.74, 6) is 0. The molecular weight excluding hydrogens is 133 g/mol. The van der Waals surface area contributed by atoms with Crippen molar-refractivity contribution in [3.63, 3.8) is 0 Å². The van der Waals surface area contributed by atoms with Crippen LogP contribution in [0.5, 0.6) is 0 Å². The summed E-state index contributed by atoms with van der Waals surface area (Å²) in [4.78, 5) is 0. The van der Waals surface area contributed by atoms with E-state index in [1.54, 1.807) is 0 Å². The average Bonchev–Trinajstić information content (AvgIpc) is 1.93. The molecule has 1 aromatic rings. The minimum atomic E-state index is 0.722. The summed E-state index contributed by atoms with van der Waals surface area (Å²) < 4.78 is 0. The van der Waals surface area contributed by atoms with E-state index in [0.29, 0.717) is 0 Å². The van der Waals surface area contributed by atoms with Gasteiger partial charge in [0.25, 0.3) is 0 Å². The molecule has 0 unspecified atom stereocenters. The summed E-state index contributed by atoms with van der Waals surface area (Å²) in [6.45, 7) is 2.08. The average molecular weight is 145 g/mol. The van der Waals surface area contributed by atoms with Crippen LogP contribution in [0, 0.1) is 6.92 Å². The fourth-order valence-corrected chi connectivity index (χ4v) is 1.05. The van der Waals surface area contributed by atoms with Crippen LogP contribution in [-0.2, 0) is 6.42 Å². The number of nitrogens with two attached hydrogens (primary N) is 1. The zero-order valence-electron chi connectivity index (χ0n) is 6.80. The van der Waals surface area contributed by atoms with Crippen LogP contribution in [0.3, 0.4) is 0 Å². The Morgan fingerprint density at radius 1 is 1.45 bits per heavy atom. The van der Waals surface area contributed by atoms with Gasteiger partial charge in [0.2, 0.25) is 0 Å². The number of hydrogen-bond acceptors (Lipinski definition) is 1. The van der Waals surface area contributed by atoms with E-state index in [2.05, 4.69) is 26.5 Å². The van der Waals surface area contributed by atoms with Crippen LogP contribution in [0.2, 0.25) is 0 Å². The molecule has 0 aromatic heterocycles. The molecule has 11 heavy (non-hydrogen) atoms. The maximum atomic E-state index is 5.50. The quantitative estimate of drug-likeness (QED) is 0.603. The molecule has 0 saturated heterocycles. The van der Waals surface area contributed by atoms with E-state index < -0.39 is 0 Å². The number of rotatable bonds is 2. The first-order valence-electron chi connectivity index (χ1n) is 3.68. The zero-order chi connectivity index (χ0) is 8.27. The van der Waals surface area contributed by atoms with Crippen LogP contribution in [0.4, 0.5) is 0 Å². The fourth-order valence-electron chi connectivity index (χ4n) is 1.05. The van der Waals surface area contributed by atoms with E-state index in [0.717, 1.165) is 12.0 Å². The van der Waals surface area contributed by atoms with Gasteiger partial charge in [0.05, 0.1) is 0 Å². The molecule has 0 spiro atoms. The van der Waals surface area contributed by atoms with E-state index in [4.69, 9.17) is 5.73 Å². The molecule has 0 atom stereocenters. The van der Waals surface area contributed by atoms with Crippen molar-refractivity contribution in [2.75, 3.05) is 0 Å². The summed E-state index contributed by atoms with van der Waals surface area (Å²) in [6.07, 6.45) is 0.784. The van der Waals surface area contributed by atoms with E-state index in [9.17, 15) is 0 Å². The Balaban J connectivity index is 2.86. The Morgan fingerprint density at radius 3 is 2.64 bits per heavy atom. The van der Waals surface area contributed by atoms with Crippen LogP contribution in [-0.4, -0.2) is 13.1 Å². The molecule has 1 aromatic carbocycles. The Morgan fingerprint density at radius 2 is 2.09 bits per heavy atom. The Labute approximate surface area is 68.3 Å². The first kappa shape index (κ1) is 8.06. The molecule has 0 radical (unpaired) electrons. The van der Waals surface area contributed by atoms with Crippen LogP contribution in [0.25, 0.3) is 0 Å². The van der Waals surface area contributed by atoms with Gasteiger partial charge in [-0.05, 0) is 0 Å². The first-order chi connectivity index (χ1) is 5.20. The van der Waals surface area contributed by atoms with Gasteiger partial charge in [-0.25, -0.2) is 0 Å². The van der Waals surface area contributed by atoms with Gasteiger partial charge in [-0.3, -0.25) is 0 Å². The Bertz CT molecular complexity index is 268. The van der Waals surface area contributed by atoms with Crippen LogP contribution in [0.15, 0.2) is 24.3 Å². The van der Waals surface area contributed by atoms with Crippen molar-refractivity contribution in [2.45, 2.75) is 13.3 Å². The van der Waals surface area contributed by atoms with Crippen molar-refractivity contribution in [3.8, 4) is 0 Å². The summed E-state index contributed by atoms with van der Waals surface area (Å²) in [7, 11) is 3.67. The zero-order valence-corrected chi connectivity index (χ0v) is 6.80. The molecule has 0 amide bonds. The second kappa shape index (κ2) is 3.38. The summed E-state index contributed by atoms with van der Waals surface area (Å²) >= 11 is 0. The topological polar surface area (TPSA) is 26.0 Å². The van der Waals surface area contributed by atoms with Crippen LogP contribution < -0.4 is 5.73 Å². The van der Waals surface area contributed by atoms with Crippen molar-refractivity contribution in [3.05, 3.63) is 35.4 Å². The van der Waals surface area contributed by atoms with Gasteiger partial charge in [-0.2, -0.15) is 0 Å². The second-order valence-corrected chi connectivity index (χ2v) is 2.76.